The van der Waals surface area contributed by atoms with E-state index in [2.05, 4.69) is 14.9 Å². The molecule has 0 unspecified atom stereocenters. The van der Waals surface area contributed by atoms with Gasteiger partial charge in [-0.2, -0.15) is 0 Å². The minimum atomic E-state index is -0.447. The molecular formula is C19H23N3O2. The van der Waals surface area contributed by atoms with Crippen molar-refractivity contribution in [2.45, 2.75) is 32.5 Å². The Hall–Kier alpha value is -2.37. The molecule has 0 bridgehead atoms. The summed E-state index contributed by atoms with van der Waals surface area (Å²) >= 11 is 0. The van der Waals surface area contributed by atoms with E-state index in [0.717, 1.165) is 48.7 Å². The van der Waals surface area contributed by atoms with E-state index in [1.807, 2.05) is 48.9 Å². The van der Waals surface area contributed by atoms with Gasteiger partial charge in [0, 0.05) is 24.5 Å². The summed E-state index contributed by atoms with van der Waals surface area (Å²) in [6, 6.07) is 11.8. The van der Waals surface area contributed by atoms with E-state index in [1.165, 1.54) is 0 Å². The zero-order chi connectivity index (χ0) is 16.8. The topological polar surface area (TPSA) is 63.2 Å². The summed E-state index contributed by atoms with van der Waals surface area (Å²) in [5.74, 6) is 1.77. The average Bonchev–Trinajstić information content (AvgIpc) is 3.26. The van der Waals surface area contributed by atoms with Crippen LogP contribution in [0.25, 0.3) is 11.3 Å². The molecule has 5 nitrogen and oxygen atoms in total. The number of aromatic nitrogens is 2. The Bertz CT molecular complexity index is 730. The SMILES string of the molecule is C[C@@H](O)c1ccc(-c2ccc(CNCCCn3ccnc3)o2)cc1. The summed E-state index contributed by atoms with van der Waals surface area (Å²) in [6.45, 7) is 4.37. The van der Waals surface area contributed by atoms with Gasteiger partial charge in [-0.15, -0.1) is 0 Å². The van der Waals surface area contributed by atoms with Crippen LogP contribution in [-0.2, 0) is 13.1 Å². The number of imidazole rings is 1. The zero-order valence-electron chi connectivity index (χ0n) is 13.9. The molecule has 126 valence electrons. The average molecular weight is 325 g/mol. The Morgan fingerprint density at radius 2 is 2.04 bits per heavy atom. The van der Waals surface area contributed by atoms with Gasteiger partial charge in [0.05, 0.1) is 19.0 Å². The van der Waals surface area contributed by atoms with Crippen LogP contribution in [0.5, 0.6) is 0 Å². The normalized spacial score (nSPS) is 12.4. The van der Waals surface area contributed by atoms with E-state index in [1.54, 1.807) is 13.1 Å². The highest BCUT2D eigenvalue weighted by Crippen LogP contribution is 2.24. The molecule has 0 spiro atoms. The molecule has 0 fully saturated rings. The van der Waals surface area contributed by atoms with Gasteiger partial charge in [0.25, 0.3) is 0 Å². The zero-order valence-corrected chi connectivity index (χ0v) is 13.9. The van der Waals surface area contributed by atoms with Gasteiger partial charge in [-0.05, 0) is 37.6 Å². The van der Waals surface area contributed by atoms with Crippen molar-refractivity contribution in [2.24, 2.45) is 0 Å². The van der Waals surface area contributed by atoms with Crippen molar-refractivity contribution < 1.29 is 9.52 Å². The van der Waals surface area contributed by atoms with Crippen LogP contribution in [0.3, 0.4) is 0 Å². The molecule has 1 atom stereocenters. The number of nitrogens with one attached hydrogen (secondary N) is 1. The molecule has 0 aliphatic rings. The van der Waals surface area contributed by atoms with Crippen molar-refractivity contribution in [2.75, 3.05) is 6.54 Å². The largest absolute Gasteiger partial charge is 0.460 e. The van der Waals surface area contributed by atoms with Crippen LogP contribution in [0.15, 0.2) is 59.5 Å². The highest BCUT2D eigenvalue weighted by atomic mass is 16.3. The summed E-state index contributed by atoms with van der Waals surface area (Å²) < 4.78 is 7.96. The molecule has 0 amide bonds. The molecule has 0 aliphatic heterocycles. The third-order valence-corrected chi connectivity index (χ3v) is 3.97. The number of aryl methyl sites for hydroxylation is 1. The molecule has 0 radical (unpaired) electrons. The number of furan rings is 1. The molecule has 5 heteroatoms. The van der Waals surface area contributed by atoms with Crippen molar-refractivity contribution in [1.82, 2.24) is 14.9 Å². The smallest absolute Gasteiger partial charge is 0.134 e. The lowest BCUT2D eigenvalue weighted by Crippen LogP contribution is -2.15. The number of nitrogens with zero attached hydrogens (tertiary/aromatic N) is 2. The summed E-state index contributed by atoms with van der Waals surface area (Å²) in [7, 11) is 0. The van der Waals surface area contributed by atoms with E-state index >= 15 is 0 Å². The van der Waals surface area contributed by atoms with Crippen LogP contribution in [0.2, 0.25) is 0 Å². The predicted molar refractivity (Wildman–Crippen MR) is 93.3 cm³/mol. The maximum absolute atomic E-state index is 9.55. The van der Waals surface area contributed by atoms with E-state index in [4.69, 9.17) is 4.42 Å². The standard InChI is InChI=1S/C19H23N3O2/c1-15(23)16-3-5-17(6-4-16)19-8-7-18(24-19)13-20-9-2-11-22-12-10-21-14-22/h3-8,10,12,14-15,20,23H,2,9,11,13H2,1H3/t15-/m1/s1. The van der Waals surface area contributed by atoms with Crippen molar-refractivity contribution >= 4 is 0 Å². The molecule has 2 N–H and O–H groups in total. The number of rotatable bonds is 8. The van der Waals surface area contributed by atoms with Gasteiger partial charge < -0.3 is 19.4 Å². The molecule has 1 aromatic carbocycles. The Morgan fingerprint density at radius 3 is 2.75 bits per heavy atom. The Balaban J connectivity index is 1.46. The summed E-state index contributed by atoms with van der Waals surface area (Å²) in [5, 5.41) is 12.9. The van der Waals surface area contributed by atoms with E-state index in [9.17, 15) is 5.11 Å². The van der Waals surface area contributed by atoms with Crippen molar-refractivity contribution in [3.8, 4) is 11.3 Å². The molecule has 2 aromatic heterocycles. The first kappa shape index (κ1) is 16.5. The number of aliphatic hydroxyl groups is 1. The first-order valence-corrected chi connectivity index (χ1v) is 8.26. The Kier molecular flexibility index (Phi) is 5.46. The van der Waals surface area contributed by atoms with Crippen LogP contribution in [0.1, 0.15) is 30.8 Å². The lowest BCUT2D eigenvalue weighted by molar-refractivity contribution is 0.199. The second kappa shape index (κ2) is 7.95. The Labute approximate surface area is 142 Å². The van der Waals surface area contributed by atoms with Gasteiger partial charge in [0.2, 0.25) is 0 Å². The third-order valence-electron chi connectivity index (χ3n) is 3.97. The van der Waals surface area contributed by atoms with E-state index < -0.39 is 6.10 Å². The maximum Gasteiger partial charge on any atom is 0.134 e. The predicted octanol–water partition coefficient (Wildman–Crippen LogP) is 3.38. The third kappa shape index (κ3) is 4.34. The van der Waals surface area contributed by atoms with Crippen LogP contribution >= 0.6 is 0 Å². The molecule has 3 aromatic rings. The van der Waals surface area contributed by atoms with E-state index in [0.29, 0.717) is 0 Å². The highest BCUT2D eigenvalue weighted by molar-refractivity contribution is 5.58. The summed E-state index contributed by atoms with van der Waals surface area (Å²) in [6.07, 6.45) is 6.21. The fourth-order valence-corrected chi connectivity index (χ4v) is 2.57. The molecule has 0 saturated heterocycles. The van der Waals surface area contributed by atoms with Crippen LogP contribution in [0.4, 0.5) is 0 Å². The number of hydrogen-bond acceptors (Lipinski definition) is 4. The van der Waals surface area contributed by atoms with Crippen molar-refractivity contribution in [1.29, 1.82) is 0 Å². The molecule has 24 heavy (non-hydrogen) atoms. The molecule has 3 rings (SSSR count). The van der Waals surface area contributed by atoms with Gasteiger partial charge in [-0.25, -0.2) is 4.98 Å². The second-order valence-electron chi connectivity index (χ2n) is 5.89. The quantitative estimate of drug-likeness (QED) is 0.623. The highest BCUT2D eigenvalue weighted by Gasteiger charge is 2.06. The fraction of sp³-hybridized carbons (Fsp3) is 0.316. The molecule has 2 heterocycles. The second-order valence-corrected chi connectivity index (χ2v) is 5.89. The lowest BCUT2D eigenvalue weighted by Gasteiger charge is -2.05. The minimum Gasteiger partial charge on any atom is -0.460 e. The van der Waals surface area contributed by atoms with Crippen LogP contribution in [0, 0.1) is 0 Å². The summed E-state index contributed by atoms with van der Waals surface area (Å²) in [4.78, 5) is 4.03. The fourth-order valence-electron chi connectivity index (χ4n) is 2.57. The Morgan fingerprint density at radius 1 is 1.21 bits per heavy atom. The molecular weight excluding hydrogens is 302 g/mol. The van der Waals surface area contributed by atoms with Gasteiger partial charge in [0.15, 0.2) is 0 Å². The first-order chi connectivity index (χ1) is 11.7. The van der Waals surface area contributed by atoms with Crippen LogP contribution in [-0.4, -0.2) is 21.2 Å². The molecule has 0 saturated carbocycles. The van der Waals surface area contributed by atoms with Gasteiger partial charge in [-0.1, -0.05) is 24.3 Å². The number of aliphatic hydroxyl groups excluding tert-OH is 1. The maximum atomic E-state index is 9.55. The van der Waals surface area contributed by atoms with Gasteiger partial charge in [0.1, 0.15) is 11.5 Å². The van der Waals surface area contributed by atoms with Gasteiger partial charge in [-0.3, -0.25) is 0 Å². The number of hydrogen-bond donors (Lipinski definition) is 2. The van der Waals surface area contributed by atoms with E-state index in [-0.39, 0.29) is 0 Å². The monoisotopic (exact) mass is 325 g/mol. The van der Waals surface area contributed by atoms with Crippen molar-refractivity contribution in [3.05, 3.63) is 66.4 Å². The van der Waals surface area contributed by atoms with Crippen LogP contribution < -0.4 is 5.32 Å². The molecule has 0 aliphatic carbocycles. The van der Waals surface area contributed by atoms with Gasteiger partial charge >= 0.3 is 0 Å². The first-order valence-electron chi connectivity index (χ1n) is 8.26. The lowest BCUT2D eigenvalue weighted by atomic mass is 10.1. The van der Waals surface area contributed by atoms with Crippen molar-refractivity contribution in [3.63, 3.8) is 0 Å². The minimum absolute atomic E-state index is 0.447. The number of benzene rings is 1. The summed E-state index contributed by atoms with van der Waals surface area (Å²) in [5.41, 5.74) is 1.93.